The topological polar surface area (TPSA) is 98.2 Å². The van der Waals surface area contributed by atoms with Crippen LogP contribution in [0.2, 0.25) is 0 Å². The lowest BCUT2D eigenvalue weighted by atomic mass is 10.3. The molecule has 1 amide bonds. The first-order valence-corrected chi connectivity index (χ1v) is 7.82. The number of aromatic nitrogens is 4. The van der Waals surface area contributed by atoms with Crippen molar-refractivity contribution in [2.24, 2.45) is 5.73 Å². The number of nitrogens with two attached hydrogens (primary N) is 1. The maximum atomic E-state index is 12.2. The summed E-state index contributed by atoms with van der Waals surface area (Å²) in [6.07, 6.45) is 2.55. The van der Waals surface area contributed by atoms with Crippen LogP contribution in [0.3, 0.4) is 0 Å². The predicted molar refractivity (Wildman–Crippen MR) is 83.7 cm³/mol. The van der Waals surface area contributed by atoms with Crippen LogP contribution < -0.4 is 11.1 Å². The van der Waals surface area contributed by atoms with E-state index in [0.717, 1.165) is 10.7 Å². The van der Waals surface area contributed by atoms with Crippen molar-refractivity contribution in [3.05, 3.63) is 46.3 Å². The fourth-order valence-corrected chi connectivity index (χ4v) is 2.94. The maximum Gasteiger partial charge on any atom is 0.271 e. The fraction of sp³-hybridized carbons (Fsp3) is 0.286. The van der Waals surface area contributed by atoms with E-state index in [0.29, 0.717) is 24.5 Å². The van der Waals surface area contributed by atoms with Gasteiger partial charge in [-0.15, -0.1) is 21.5 Å². The highest BCUT2D eigenvalue weighted by Gasteiger charge is 2.18. The summed E-state index contributed by atoms with van der Waals surface area (Å²) in [5, 5.41) is 13.7. The third kappa shape index (κ3) is 2.83. The van der Waals surface area contributed by atoms with E-state index in [2.05, 4.69) is 20.5 Å². The molecule has 3 aromatic heterocycles. The van der Waals surface area contributed by atoms with E-state index >= 15 is 0 Å². The van der Waals surface area contributed by atoms with E-state index in [9.17, 15) is 4.79 Å². The summed E-state index contributed by atoms with van der Waals surface area (Å²) >= 11 is 1.44. The van der Waals surface area contributed by atoms with Crippen molar-refractivity contribution in [2.75, 3.05) is 6.54 Å². The molecule has 0 radical (unpaired) electrons. The molecular weight excluding hydrogens is 300 g/mol. The SMILES string of the molecule is CC(NC(=O)c1csc(CCN)n1)c1nnc2ccccn12. The zero-order chi connectivity index (χ0) is 15.5. The van der Waals surface area contributed by atoms with Gasteiger partial charge in [-0.1, -0.05) is 6.07 Å². The number of thiazole rings is 1. The lowest BCUT2D eigenvalue weighted by molar-refractivity contribution is 0.0933. The maximum absolute atomic E-state index is 12.2. The van der Waals surface area contributed by atoms with Gasteiger partial charge in [-0.05, 0) is 25.6 Å². The molecule has 1 unspecified atom stereocenters. The average Bonchev–Trinajstić information content (AvgIpc) is 3.14. The molecule has 0 spiro atoms. The number of carbonyl (C=O) groups excluding carboxylic acids is 1. The molecular formula is C14H16N6OS. The summed E-state index contributed by atoms with van der Waals surface area (Å²) in [6.45, 7) is 2.39. The number of fused-ring (bicyclic) bond motifs is 1. The first-order chi connectivity index (χ1) is 10.7. The first-order valence-electron chi connectivity index (χ1n) is 6.94. The molecule has 3 heterocycles. The molecule has 3 rings (SSSR count). The minimum atomic E-state index is -0.274. The molecule has 3 N–H and O–H groups in total. The summed E-state index contributed by atoms with van der Waals surface area (Å²) in [6, 6.07) is 5.38. The molecule has 0 bridgehead atoms. The smallest absolute Gasteiger partial charge is 0.271 e. The van der Waals surface area contributed by atoms with Crippen molar-refractivity contribution in [3.8, 4) is 0 Å². The summed E-state index contributed by atoms with van der Waals surface area (Å²) < 4.78 is 1.85. The molecule has 0 saturated carbocycles. The van der Waals surface area contributed by atoms with Crippen molar-refractivity contribution >= 4 is 22.9 Å². The second kappa shape index (κ2) is 6.20. The Hall–Kier alpha value is -2.32. The predicted octanol–water partition coefficient (Wildman–Crippen LogP) is 1.18. The van der Waals surface area contributed by atoms with Crippen molar-refractivity contribution in [1.29, 1.82) is 0 Å². The Labute approximate surface area is 131 Å². The summed E-state index contributed by atoms with van der Waals surface area (Å²) in [5.41, 5.74) is 6.65. The van der Waals surface area contributed by atoms with Crippen LogP contribution in [0.5, 0.6) is 0 Å². The van der Waals surface area contributed by atoms with E-state index < -0.39 is 0 Å². The van der Waals surface area contributed by atoms with Gasteiger partial charge in [0.1, 0.15) is 5.69 Å². The first kappa shape index (κ1) is 14.6. The number of amides is 1. The van der Waals surface area contributed by atoms with Gasteiger partial charge in [-0.2, -0.15) is 0 Å². The molecule has 114 valence electrons. The van der Waals surface area contributed by atoms with Crippen LogP contribution in [0.25, 0.3) is 5.65 Å². The Kier molecular flexibility index (Phi) is 4.12. The van der Waals surface area contributed by atoms with Crippen LogP contribution >= 0.6 is 11.3 Å². The average molecular weight is 316 g/mol. The van der Waals surface area contributed by atoms with Crippen LogP contribution in [0.1, 0.15) is 34.3 Å². The molecule has 3 aromatic rings. The van der Waals surface area contributed by atoms with Gasteiger partial charge in [-0.25, -0.2) is 4.98 Å². The standard InChI is InChI=1S/C14H16N6OS/c1-9(13-19-18-11-4-2-3-7-20(11)13)16-14(21)10-8-22-12(17-10)5-6-15/h2-4,7-9H,5-6,15H2,1H3,(H,16,21). The molecule has 0 aliphatic rings. The fourth-order valence-electron chi connectivity index (χ4n) is 2.14. The van der Waals surface area contributed by atoms with Crippen molar-refractivity contribution in [2.45, 2.75) is 19.4 Å². The van der Waals surface area contributed by atoms with E-state index in [4.69, 9.17) is 5.73 Å². The summed E-state index contributed by atoms with van der Waals surface area (Å²) in [4.78, 5) is 16.5. The van der Waals surface area contributed by atoms with Gasteiger partial charge in [0, 0.05) is 18.0 Å². The molecule has 0 aromatic carbocycles. The van der Waals surface area contributed by atoms with Gasteiger partial charge >= 0.3 is 0 Å². The summed E-state index contributed by atoms with van der Waals surface area (Å²) in [5.74, 6) is 0.459. The van der Waals surface area contributed by atoms with E-state index in [1.54, 1.807) is 5.38 Å². The molecule has 7 nitrogen and oxygen atoms in total. The molecule has 22 heavy (non-hydrogen) atoms. The van der Waals surface area contributed by atoms with E-state index in [1.807, 2.05) is 35.7 Å². The molecule has 0 fully saturated rings. The van der Waals surface area contributed by atoms with Crippen molar-refractivity contribution in [3.63, 3.8) is 0 Å². The van der Waals surface area contributed by atoms with Crippen LogP contribution in [0.4, 0.5) is 0 Å². The van der Waals surface area contributed by atoms with Gasteiger partial charge in [0.05, 0.1) is 11.0 Å². The molecule has 0 aliphatic carbocycles. The second-order valence-corrected chi connectivity index (χ2v) is 5.79. The number of carbonyl (C=O) groups is 1. The van der Waals surface area contributed by atoms with Gasteiger partial charge in [-0.3, -0.25) is 9.20 Å². The van der Waals surface area contributed by atoms with Crippen LogP contribution in [-0.2, 0) is 6.42 Å². The quantitative estimate of drug-likeness (QED) is 0.736. The third-order valence-electron chi connectivity index (χ3n) is 3.22. The van der Waals surface area contributed by atoms with Crippen LogP contribution in [-0.4, -0.2) is 32.0 Å². The number of nitrogens with one attached hydrogen (secondary N) is 1. The highest BCUT2D eigenvalue weighted by molar-refractivity contribution is 7.09. The van der Waals surface area contributed by atoms with Crippen LogP contribution in [0, 0.1) is 0 Å². The Morgan fingerprint density at radius 1 is 1.45 bits per heavy atom. The summed E-state index contributed by atoms with van der Waals surface area (Å²) in [7, 11) is 0. The minimum Gasteiger partial charge on any atom is -0.341 e. The molecule has 8 heteroatoms. The van der Waals surface area contributed by atoms with E-state index in [1.165, 1.54) is 11.3 Å². The molecule has 1 atom stereocenters. The highest BCUT2D eigenvalue weighted by Crippen LogP contribution is 2.14. The third-order valence-corrected chi connectivity index (χ3v) is 4.13. The Morgan fingerprint density at radius 2 is 2.32 bits per heavy atom. The largest absolute Gasteiger partial charge is 0.341 e. The van der Waals surface area contributed by atoms with Crippen molar-refractivity contribution < 1.29 is 4.79 Å². The Bertz CT molecular complexity index is 795. The number of hydrogen-bond donors (Lipinski definition) is 2. The lowest BCUT2D eigenvalue weighted by Crippen LogP contribution is -2.28. The normalized spacial score (nSPS) is 12.5. The van der Waals surface area contributed by atoms with Gasteiger partial charge in [0.15, 0.2) is 11.5 Å². The number of nitrogens with zero attached hydrogens (tertiary/aromatic N) is 4. The number of pyridine rings is 1. The van der Waals surface area contributed by atoms with E-state index in [-0.39, 0.29) is 11.9 Å². The van der Waals surface area contributed by atoms with Crippen molar-refractivity contribution in [1.82, 2.24) is 24.9 Å². The number of rotatable bonds is 5. The van der Waals surface area contributed by atoms with Crippen LogP contribution in [0.15, 0.2) is 29.8 Å². The number of hydrogen-bond acceptors (Lipinski definition) is 6. The highest BCUT2D eigenvalue weighted by atomic mass is 32.1. The zero-order valence-electron chi connectivity index (χ0n) is 12.1. The zero-order valence-corrected chi connectivity index (χ0v) is 12.9. The minimum absolute atomic E-state index is 0.222. The Balaban J connectivity index is 1.75. The van der Waals surface area contributed by atoms with Gasteiger partial charge < -0.3 is 11.1 Å². The second-order valence-electron chi connectivity index (χ2n) is 4.85. The Morgan fingerprint density at radius 3 is 3.14 bits per heavy atom. The monoisotopic (exact) mass is 316 g/mol. The molecule has 0 saturated heterocycles. The lowest BCUT2D eigenvalue weighted by Gasteiger charge is -2.11. The molecule has 0 aliphatic heterocycles. The van der Waals surface area contributed by atoms with Gasteiger partial charge in [0.2, 0.25) is 0 Å². The van der Waals surface area contributed by atoms with Gasteiger partial charge in [0.25, 0.3) is 5.91 Å².